The van der Waals surface area contributed by atoms with E-state index >= 15 is 0 Å². The highest BCUT2D eigenvalue weighted by atomic mass is 32.2. The lowest BCUT2D eigenvalue weighted by molar-refractivity contribution is 0.451. The van der Waals surface area contributed by atoms with E-state index < -0.39 is 10.0 Å². The molecule has 0 aliphatic carbocycles. The topological polar surface area (TPSA) is 73.8 Å². The molecule has 1 fully saturated rings. The smallest absolute Gasteiger partial charge is 0.214 e. The zero-order valence-corrected chi connectivity index (χ0v) is 15.8. The van der Waals surface area contributed by atoms with Crippen LogP contribution in [0.3, 0.4) is 0 Å². The SMILES string of the molecule is CCCCCCC(C)NC(=NCCN1CCCS1(=O)=O)NCC. The van der Waals surface area contributed by atoms with Gasteiger partial charge >= 0.3 is 0 Å². The van der Waals surface area contributed by atoms with Crippen molar-refractivity contribution in [2.75, 3.05) is 31.9 Å². The normalized spacial score (nSPS) is 19.7. The minimum absolute atomic E-state index is 0.282. The van der Waals surface area contributed by atoms with Gasteiger partial charge < -0.3 is 10.6 Å². The first-order valence-electron chi connectivity index (χ1n) is 9.02. The lowest BCUT2D eigenvalue weighted by atomic mass is 10.1. The van der Waals surface area contributed by atoms with Crippen molar-refractivity contribution in [3.05, 3.63) is 0 Å². The van der Waals surface area contributed by atoms with Gasteiger partial charge in [-0.3, -0.25) is 4.99 Å². The van der Waals surface area contributed by atoms with Crippen molar-refractivity contribution < 1.29 is 8.42 Å². The van der Waals surface area contributed by atoms with Gasteiger partial charge in [-0.05, 0) is 26.7 Å². The number of sulfonamides is 1. The second-order valence-electron chi connectivity index (χ2n) is 6.22. The van der Waals surface area contributed by atoms with Crippen molar-refractivity contribution in [2.45, 2.75) is 65.3 Å². The van der Waals surface area contributed by atoms with Gasteiger partial charge in [0.05, 0.1) is 12.3 Å². The molecule has 136 valence electrons. The molecule has 2 N–H and O–H groups in total. The van der Waals surface area contributed by atoms with Crippen molar-refractivity contribution in [3.63, 3.8) is 0 Å². The molecule has 1 saturated heterocycles. The van der Waals surface area contributed by atoms with E-state index in [-0.39, 0.29) is 5.75 Å². The summed E-state index contributed by atoms with van der Waals surface area (Å²) in [7, 11) is -3.01. The summed E-state index contributed by atoms with van der Waals surface area (Å²) >= 11 is 0. The third-order valence-corrected chi connectivity index (χ3v) is 6.00. The first-order valence-corrected chi connectivity index (χ1v) is 10.6. The predicted molar refractivity (Wildman–Crippen MR) is 97.3 cm³/mol. The molecule has 7 heteroatoms. The minimum Gasteiger partial charge on any atom is -0.357 e. The molecule has 1 atom stereocenters. The van der Waals surface area contributed by atoms with Gasteiger partial charge in [-0.2, -0.15) is 0 Å². The molecule has 0 bridgehead atoms. The number of aliphatic imine (C=N–C) groups is 1. The van der Waals surface area contributed by atoms with Crippen LogP contribution < -0.4 is 10.6 Å². The summed E-state index contributed by atoms with van der Waals surface area (Å²) in [6.07, 6.45) is 6.93. The summed E-state index contributed by atoms with van der Waals surface area (Å²) in [5.74, 6) is 1.07. The third-order valence-electron chi connectivity index (χ3n) is 4.04. The monoisotopic (exact) mass is 346 g/mol. The van der Waals surface area contributed by atoms with Crippen LogP contribution in [0.2, 0.25) is 0 Å². The maximum absolute atomic E-state index is 11.8. The van der Waals surface area contributed by atoms with Gasteiger partial charge in [0, 0.05) is 25.7 Å². The van der Waals surface area contributed by atoms with Crippen molar-refractivity contribution in [1.29, 1.82) is 0 Å². The highest BCUT2D eigenvalue weighted by Gasteiger charge is 2.27. The zero-order chi connectivity index (χ0) is 17.1. The molecule has 0 aromatic heterocycles. The molecule has 23 heavy (non-hydrogen) atoms. The van der Waals surface area contributed by atoms with Crippen molar-refractivity contribution in [2.24, 2.45) is 4.99 Å². The lowest BCUT2D eigenvalue weighted by Crippen LogP contribution is -2.42. The van der Waals surface area contributed by atoms with E-state index in [2.05, 4.69) is 29.5 Å². The predicted octanol–water partition coefficient (Wildman–Crippen LogP) is 1.94. The highest BCUT2D eigenvalue weighted by Crippen LogP contribution is 2.12. The van der Waals surface area contributed by atoms with Crippen LogP contribution >= 0.6 is 0 Å². The molecule has 0 saturated carbocycles. The fourth-order valence-electron chi connectivity index (χ4n) is 2.72. The molecule has 1 heterocycles. The fourth-order valence-corrected chi connectivity index (χ4v) is 4.24. The Morgan fingerprint density at radius 3 is 2.65 bits per heavy atom. The average Bonchev–Trinajstić information content (AvgIpc) is 2.83. The second kappa shape index (κ2) is 10.9. The van der Waals surface area contributed by atoms with E-state index in [1.165, 1.54) is 25.7 Å². The van der Waals surface area contributed by atoms with E-state index in [1.807, 2.05) is 6.92 Å². The molecular weight excluding hydrogens is 312 g/mol. The largest absolute Gasteiger partial charge is 0.357 e. The van der Waals surface area contributed by atoms with Crippen LogP contribution in [0.4, 0.5) is 0 Å². The number of nitrogens with one attached hydrogen (secondary N) is 2. The van der Waals surface area contributed by atoms with Gasteiger partial charge in [0.25, 0.3) is 0 Å². The number of unbranched alkanes of at least 4 members (excludes halogenated alkanes) is 3. The Kier molecular flexibility index (Phi) is 9.55. The van der Waals surface area contributed by atoms with Gasteiger partial charge in [0.1, 0.15) is 0 Å². The molecule has 1 unspecified atom stereocenters. The van der Waals surface area contributed by atoms with Crippen molar-refractivity contribution in [3.8, 4) is 0 Å². The van der Waals surface area contributed by atoms with Crippen LogP contribution in [-0.4, -0.2) is 56.7 Å². The Hall–Kier alpha value is -0.820. The molecule has 1 aliphatic rings. The Morgan fingerprint density at radius 2 is 2.04 bits per heavy atom. The van der Waals surface area contributed by atoms with Crippen LogP contribution in [0.25, 0.3) is 0 Å². The summed E-state index contributed by atoms with van der Waals surface area (Å²) in [5.41, 5.74) is 0. The highest BCUT2D eigenvalue weighted by molar-refractivity contribution is 7.89. The van der Waals surface area contributed by atoms with E-state index in [4.69, 9.17) is 0 Å². The first-order chi connectivity index (χ1) is 11.0. The molecule has 0 amide bonds. The summed E-state index contributed by atoms with van der Waals surface area (Å²) in [5, 5.41) is 6.64. The van der Waals surface area contributed by atoms with E-state index in [1.54, 1.807) is 4.31 Å². The van der Waals surface area contributed by atoms with Gasteiger partial charge in [-0.15, -0.1) is 0 Å². The van der Waals surface area contributed by atoms with Crippen molar-refractivity contribution in [1.82, 2.24) is 14.9 Å². The van der Waals surface area contributed by atoms with E-state index in [0.29, 0.717) is 25.7 Å². The van der Waals surface area contributed by atoms with Crippen LogP contribution in [0.1, 0.15) is 59.3 Å². The molecule has 0 aromatic carbocycles. The minimum atomic E-state index is -3.01. The summed E-state index contributed by atoms with van der Waals surface area (Å²) in [6.45, 7) is 8.84. The van der Waals surface area contributed by atoms with Gasteiger partial charge in [-0.1, -0.05) is 32.6 Å². The second-order valence-corrected chi connectivity index (χ2v) is 8.31. The van der Waals surface area contributed by atoms with Gasteiger partial charge in [-0.25, -0.2) is 12.7 Å². The standard InChI is InChI=1S/C16H34N4O2S/c1-4-6-7-8-10-15(3)19-16(17-5-2)18-11-13-20-12-9-14-23(20,21)22/h15H,4-14H2,1-3H3,(H2,17,18,19). The molecule has 1 rings (SSSR count). The van der Waals surface area contributed by atoms with E-state index in [9.17, 15) is 8.42 Å². The Bertz CT molecular complexity index is 451. The van der Waals surface area contributed by atoms with Gasteiger partial charge in [0.2, 0.25) is 10.0 Å². The molecular formula is C16H34N4O2S. The maximum Gasteiger partial charge on any atom is 0.214 e. The first kappa shape index (κ1) is 20.2. The lowest BCUT2D eigenvalue weighted by Gasteiger charge is -2.18. The van der Waals surface area contributed by atoms with Crippen molar-refractivity contribution >= 4 is 16.0 Å². The van der Waals surface area contributed by atoms with Crippen LogP contribution in [-0.2, 0) is 10.0 Å². The number of rotatable bonds is 10. The summed E-state index contributed by atoms with van der Waals surface area (Å²) in [4.78, 5) is 4.52. The molecule has 0 aromatic rings. The van der Waals surface area contributed by atoms with Crippen LogP contribution in [0.5, 0.6) is 0 Å². The molecule has 0 spiro atoms. The molecule has 1 aliphatic heterocycles. The van der Waals surface area contributed by atoms with Gasteiger partial charge in [0.15, 0.2) is 5.96 Å². The van der Waals surface area contributed by atoms with Crippen LogP contribution in [0, 0.1) is 0 Å². The maximum atomic E-state index is 11.8. The number of guanidine groups is 1. The van der Waals surface area contributed by atoms with Crippen LogP contribution in [0.15, 0.2) is 4.99 Å². The number of hydrogen-bond acceptors (Lipinski definition) is 3. The average molecular weight is 347 g/mol. The Balaban J connectivity index is 2.37. The number of nitrogens with zero attached hydrogens (tertiary/aromatic N) is 2. The molecule has 6 nitrogen and oxygen atoms in total. The number of hydrogen-bond donors (Lipinski definition) is 2. The third kappa shape index (κ3) is 8.01. The zero-order valence-electron chi connectivity index (χ0n) is 15.0. The van der Waals surface area contributed by atoms with E-state index in [0.717, 1.165) is 25.3 Å². The summed E-state index contributed by atoms with van der Waals surface area (Å²) in [6, 6.07) is 0.375. The molecule has 0 radical (unpaired) electrons. The Labute approximate surface area is 142 Å². The summed E-state index contributed by atoms with van der Waals surface area (Å²) < 4.78 is 25.1. The Morgan fingerprint density at radius 1 is 1.26 bits per heavy atom. The quantitative estimate of drug-likeness (QED) is 0.360. The fraction of sp³-hybridized carbons (Fsp3) is 0.938.